The molecule has 0 radical (unpaired) electrons. The van der Waals surface area contributed by atoms with E-state index in [4.69, 9.17) is 0 Å². The van der Waals surface area contributed by atoms with Gasteiger partial charge in [0.05, 0.1) is 5.69 Å². The number of unbranched alkanes of at least 4 members (excludes halogenated alkanes) is 1. The Morgan fingerprint density at radius 2 is 1.94 bits per heavy atom. The Morgan fingerprint density at radius 1 is 1.28 bits per heavy atom. The predicted molar refractivity (Wildman–Crippen MR) is 71.3 cm³/mol. The average Bonchev–Trinajstić information content (AvgIpc) is 2.34. The SMILES string of the molecule is CCCCN(CC)c1nnc(C)c(C)c1C(=O)O. The van der Waals surface area contributed by atoms with Crippen molar-refractivity contribution in [2.75, 3.05) is 18.0 Å². The van der Waals surface area contributed by atoms with Crippen molar-refractivity contribution in [2.24, 2.45) is 0 Å². The number of carboxylic acids is 1. The fourth-order valence-corrected chi connectivity index (χ4v) is 1.84. The highest BCUT2D eigenvalue weighted by molar-refractivity contribution is 5.95. The van der Waals surface area contributed by atoms with Gasteiger partial charge in [-0.3, -0.25) is 0 Å². The molecule has 0 aliphatic carbocycles. The number of carbonyl (C=O) groups is 1. The fourth-order valence-electron chi connectivity index (χ4n) is 1.84. The highest BCUT2D eigenvalue weighted by Crippen LogP contribution is 2.22. The molecule has 0 amide bonds. The molecule has 1 rings (SSSR count). The summed E-state index contributed by atoms with van der Waals surface area (Å²) in [6, 6.07) is 0. The lowest BCUT2D eigenvalue weighted by molar-refractivity contribution is 0.0696. The first kappa shape index (κ1) is 14.4. The number of hydrogen-bond acceptors (Lipinski definition) is 4. The van der Waals surface area contributed by atoms with Crippen LogP contribution in [0.5, 0.6) is 0 Å². The molecule has 100 valence electrons. The Morgan fingerprint density at radius 3 is 2.44 bits per heavy atom. The number of aromatic carboxylic acids is 1. The Bertz CT molecular complexity index is 432. The zero-order valence-corrected chi connectivity index (χ0v) is 11.5. The highest BCUT2D eigenvalue weighted by atomic mass is 16.4. The van der Waals surface area contributed by atoms with E-state index in [1.54, 1.807) is 13.8 Å². The van der Waals surface area contributed by atoms with E-state index in [-0.39, 0.29) is 5.56 Å². The van der Waals surface area contributed by atoms with Crippen LogP contribution in [0.4, 0.5) is 5.82 Å². The van der Waals surface area contributed by atoms with Crippen molar-refractivity contribution in [2.45, 2.75) is 40.5 Å². The maximum absolute atomic E-state index is 11.4. The second kappa shape index (κ2) is 6.33. The molecule has 1 aromatic rings. The molecule has 0 saturated heterocycles. The lowest BCUT2D eigenvalue weighted by Crippen LogP contribution is -2.28. The maximum atomic E-state index is 11.4. The molecule has 0 bridgehead atoms. The Labute approximate surface area is 108 Å². The van der Waals surface area contributed by atoms with E-state index in [0.29, 0.717) is 17.1 Å². The molecular formula is C13H21N3O2. The van der Waals surface area contributed by atoms with Gasteiger partial charge in [-0.15, -0.1) is 5.10 Å². The lowest BCUT2D eigenvalue weighted by atomic mass is 10.1. The van der Waals surface area contributed by atoms with Crippen LogP contribution in [0.2, 0.25) is 0 Å². The third kappa shape index (κ3) is 2.97. The van der Waals surface area contributed by atoms with E-state index in [1.165, 1.54) is 0 Å². The second-order valence-electron chi connectivity index (χ2n) is 4.35. The minimum atomic E-state index is -0.935. The van der Waals surface area contributed by atoms with Gasteiger partial charge in [0.1, 0.15) is 5.56 Å². The molecule has 5 nitrogen and oxygen atoms in total. The normalized spacial score (nSPS) is 10.4. The first-order valence-corrected chi connectivity index (χ1v) is 6.35. The summed E-state index contributed by atoms with van der Waals surface area (Å²) in [5, 5.41) is 17.5. The summed E-state index contributed by atoms with van der Waals surface area (Å²) >= 11 is 0. The summed E-state index contributed by atoms with van der Waals surface area (Å²) in [6.07, 6.45) is 2.08. The van der Waals surface area contributed by atoms with Crippen molar-refractivity contribution in [1.29, 1.82) is 0 Å². The summed E-state index contributed by atoms with van der Waals surface area (Å²) in [7, 11) is 0. The summed E-state index contributed by atoms with van der Waals surface area (Å²) in [6.45, 7) is 9.21. The van der Waals surface area contributed by atoms with E-state index < -0.39 is 5.97 Å². The fraction of sp³-hybridized carbons (Fsp3) is 0.615. The average molecular weight is 251 g/mol. The quantitative estimate of drug-likeness (QED) is 0.841. The first-order valence-electron chi connectivity index (χ1n) is 6.35. The van der Waals surface area contributed by atoms with Crippen LogP contribution in [0.25, 0.3) is 0 Å². The molecule has 0 spiro atoms. The van der Waals surface area contributed by atoms with Crippen molar-refractivity contribution >= 4 is 11.8 Å². The van der Waals surface area contributed by atoms with Gasteiger partial charge in [-0.25, -0.2) is 4.79 Å². The Hall–Kier alpha value is -1.65. The van der Waals surface area contributed by atoms with Gasteiger partial charge < -0.3 is 10.0 Å². The first-order chi connectivity index (χ1) is 8.52. The van der Waals surface area contributed by atoms with E-state index >= 15 is 0 Å². The number of aromatic nitrogens is 2. The maximum Gasteiger partial charge on any atom is 0.339 e. The number of anilines is 1. The molecule has 0 aliphatic heterocycles. The van der Waals surface area contributed by atoms with Crippen LogP contribution in [0.15, 0.2) is 0 Å². The smallest absolute Gasteiger partial charge is 0.339 e. The number of carboxylic acid groups (broad SMARTS) is 1. The van der Waals surface area contributed by atoms with Gasteiger partial charge in [0.25, 0.3) is 0 Å². The van der Waals surface area contributed by atoms with Crippen molar-refractivity contribution in [3.05, 3.63) is 16.8 Å². The molecule has 0 saturated carbocycles. The third-order valence-electron chi connectivity index (χ3n) is 3.11. The monoisotopic (exact) mass is 251 g/mol. The molecule has 0 aliphatic rings. The molecule has 5 heteroatoms. The highest BCUT2D eigenvalue weighted by Gasteiger charge is 2.21. The van der Waals surface area contributed by atoms with Crippen LogP contribution in [-0.4, -0.2) is 34.4 Å². The molecule has 1 heterocycles. The van der Waals surface area contributed by atoms with Crippen LogP contribution in [0.3, 0.4) is 0 Å². The zero-order chi connectivity index (χ0) is 13.7. The number of hydrogen-bond donors (Lipinski definition) is 1. The van der Waals surface area contributed by atoms with Gasteiger partial charge in [0.2, 0.25) is 0 Å². The summed E-state index contributed by atoms with van der Waals surface area (Å²) in [5.41, 5.74) is 1.64. The minimum absolute atomic E-state index is 0.278. The summed E-state index contributed by atoms with van der Waals surface area (Å²) in [4.78, 5) is 13.4. The Balaban J connectivity index is 3.21. The molecule has 0 atom stereocenters. The van der Waals surface area contributed by atoms with Crippen LogP contribution in [-0.2, 0) is 0 Å². The van der Waals surface area contributed by atoms with Crippen LogP contribution < -0.4 is 4.90 Å². The summed E-state index contributed by atoms with van der Waals surface area (Å²) in [5.74, 6) is -0.447. The topological polar surface area (TPSA) is 66.3 Å². The Kier molecular flexibility index (Phi) is 5.07. The number of aryl methyl sites for hydroxylation is 1. The van der Waals surface area contributed by atoms with Crippen LogP contribution in [0, 0.1) is 13.8 Å². The molecular weight excluding hydrogens is 230 g/mol. The predicted octanol–water partition coefficient (Wildman–Crippen LogP) is 2.42. The molecule has 18 heavy (non-hydrogen) atoms. The zero-order valence-electron chi connectivity index (χ0n) is 11.5. The van der Waals surface area contributed by atoms with Crippen molar-refractivity contribution in [3.63, 3.8) is 0 Å². The molecule has 0 unspecified atom stereocenters. The van der Waals surface area contributed by atoms with Gasteiger partial charge >= 0.3 is 5.97 Å². The van der Waals surface area contributed by atoms with Crippen LogP contribution in [0.1, 0.15) is 48.3 Å². The van der Waals surface area contributed by atoms with Crippen molar-refractivity contribution in [1.82, 2.24) is 10.2 Å². The molecule has 1 aromatic heterocycles. The number of nitrogens with zero attached hydrogens (tertiary/aromatic N) is 3. The van der Waals surface area contributed by atoms with E-state index in [1.807, 2.05) is 11.8 Å². The lowest BCUT2D eigenvalue weighted by Gasteiger charge is -2.23. The van der Waals surface area contributed by atoms with Gasteiger partial charge in [0, 0.05) is 13.1 Å². The van der Waals surface area contributed by atoms with E-state index in [0.717, 1.165) is 25.9 Å². The largest absolute Gasteiger partial charge is 0.478 e. The standard InChI is InChI=1S/C13H21N3O2/c1-5-7-8-16(6-2)12-11(13(17)18)9(3)10(4)14-15-12/h5-8H2,1-4H3,(H,17,18). The van der Waals surface area contributed by atoms with Gasteiger partial charge in [-0.05, 0) is 32.8 Å². The van der Waals surface area contributed by atoms with Gasteiger partial charge in [0.15, 0.2) is 5.82 Å². The van der Waals surface area contributed by atoms with Gasteiger partial charge in [-0.1, -0.05) is 13.3 Å². The molecule has 0 aromatic carbocycles. The van der Waals surface area contributed by atoms with Crippen molar-refractivity contribution in [3.8, 4) is 0 Å². The number of rotatable bonds is 6. The van der Waals surface area contributed by atoms with Crippen molar-refractivity contribution < 1.29 is 9.90 Å². The molecule has 0 fully saturated rings. The second-order valence-corrected chi connectivity index (χ2v) is 4.35. The van der Waals surface area contributed by atoms with Gasteiger partial charge in [-0.2, -0.15) is 5.10 Å². The minimum Gasteiger partial charge on any atom is -0.478 e. The third-order valence-corrected chi connectivity index (χ3v) is 3.11. The van der Waals surface area contributed by atoms with Crippen LogP contribution >= 0.6 is 0 Å². The van der Waals surface area contributed by atoms with E-state index in [9.17, 15) is 9.90 Å². The summed E-state index contributed by atoms with van der Waals surface area (Å²) < 4.78 is 0. The molecule has 1 N–H and O–H groups in total. The van der Waals surface area contributed by atoms with E-state index in [2.05, 4.69) is 17.1 Å².